The van der Waals surface area contributed by atoms with E-state index in [-0.39, 0.29) is 11.5 Å². The normalized spacial score (nSPS) is 14.2. The highest BCUT2D eigenvalue weighted by molar-refractivity contribution is 5.52. The Balaban J connectivity index is 1.57. The van der Waals surface area contributed by atoms with E-state index in [1.54, 1.807) is 24.8 Å². The van der Waals surface area contributed by atoms with Crippen LogP contribution in [0.25, 0.3) is 11.4 Å². The molecule has 0 amide bonds. The van der Waals surface area contributed by atoms with E-state index in [9.17, 15) is 4.79 Å². The van der Waals surface area contributed by atoms with Gasteiger partial charge in [0.15, 0.2) is 0 Å². The Bertz CT molecular complexity index is 939. The molecule has 4 rings (SSSR count). The first-order valence-corrected chi connectivity index (χ1v) is 7.85. The average Bonchev–Trinajstić information content (AvgIpc) is 2.65. The number of rotatable bonds is 3. The first kappa shape index (κ1) is 15.3. The van der Waals surface area contributed by atoms with Gasteiger partial charge < -0.3 is 10.7 Å². The van der Waals surface area contributed by atoms with E-state index in [4.69, 9.17) is 5.73 Å². The summed E-state index contributed by atoms with van der Waals surface area (Å²) in [6.45, 7) is 2.00. The minimum absolute atomic E-state index is 0.123. The molecule has 126 valence electrons. The Hall–Kier alpha value is -3.20. The summed E-state index contributed by atoms with van der Waals surface area (Å²) < 4.78 is 0. The van der Waals surface area contributed by atoms with Gasteiger partial charge in [-0.3, -0.25) is 9.69 Å². The minimum Gasteiger partial charge on any atom is -0.368 e. The summed E-state index contributed by atoms with van der Waals surface area (Å²) in [4.78, 5) is 38.0. The van der Waals surface area contributed by atoms with E-state index in [1.165, 1.54) is 6.33 Å². The van der Waals surface area contributed by atoms with Crippen LogP contribution in [-0.2, 0) is 19.5 Å². The molecule has 1 aliphatic rings. The second-order valence-electron chi connectivity index (χ2n) is 5.88. The summed E-state index contributed by atoms with van der Waals surface area (Å²) in [7, 11) is 0. The Morgan fingerprint density at radius 1 is 1.16 bits per heavy atom. The molecule has 0 aromatic carbocycles. The number of H-pyrrole nitrogens is 1. The van der Waals surface area contributed by atoms with Crippen LogP contribution in [-0.4, -0.2) is 41.3 Å². The van der Waals surface area contributed by atoms with Crippen LogP contribution < -0.4 is 11.3 Å². The molecule has 3 N–H and O–H groups in total. The van der Waals surface area contributed by atoms with Crippen LogP contribution >= 0.6 is 0 Å². The second kappa shape index (κ2) is 6.36. The zero-order valence-corrected chi connectivity index (χ0v) is 13.4. The summed E-state index contributed by atoms with van der Waals surface area (Å²) in [5, 5.41) is 0. The predicted molar refractivity (Wildman–Crippen MR) is 90.1 cm³/mol. The number of nitrogens with two attached hydrogens (primary N) is 1. The van der Waals surface area contributed by atoms with Crippen molar-refractivity contribution in [2.75, 3.05) is 12.3 Å². The smallest absolute Gasteiger partial charge is 0.255 e. The van der Waals surface area contributed by atoms with Gasteiger partial charge in [0.25, 0.3) is 5.56 Å². The third-order valence-corrected chi connectivity index (χ3v) is 4.11. The molecule has 0 radical (unpaired) electrons. The first-order valence-electron chi connectivity index (χ1n) is 7.85. The molecule has 3 aromatic rings. The Morgan fingerprint density at radius 2 is 1.92 bits per heavy atom. The molecule has 0 fully saturated rings. The summed E-state index contributed by atoms with van der Waals surface area (Å²) in [5.41, 5.74) is 8.56. The molecule has 1 aliphatic heterocycles. The van der Waals surface area contributed by atoms with E-state index in [0.717, 1.165) is 17.8 Å². The average molecular weight is 336 g/mol. The molecule has 0 spiro atoms. The van der Waals surface area contributed by atoms with Gasteiger partial charge in [-0.15, -0.1) is 0 Å². The number of nitrogen functional groups attached to an aromatic ring is 1. The molecule has 0 atom stereocenters. The van der Waals surface area contributed by atoms with Gasteiger partial charge in [-0.1, -0.05) is 0 Å². The fourth-order valence-electron chi connectivity index (χ4n) is 2.88. The highest BCUT2D eigenvalue weighted by Gasteiger charge is 2.21. The SMILES string of the molecule is Nc1ncc(CN2CCc3nc(-c4cncnc4)[nH]c(=O)c3C2)cn1. The van der Waals surface area contributed by atoms with Crippen molar-refractivity contribution in [3.63, 3.8) is 0 Å². The Labute approximate surface area is 143 Å². The predicted octanol–water partition coefficient (Wildman–Crippen LogP) is 0.157. The van der Waals surface area contributed by atoms with Gasteiger partial charge in [0, 0.05) is 56.4 Å². The number of nitrogens with zero attached hydrogens (tertiary/aromatic N) is 6. The zero-order valence-electron chi connectivity index (χ0n) is 13.4. The number of anilines is 1. The summed E-state index contributed by atoms with van der Waals surface area (Å²) in [5.74, 6) is 0.760. The van der Waals surface area contributed by atoms with E-state index in [0.29, 0.717) is 36.5 Å². The lowest BCUT2D eigenvalue weighted by Crippen LogP contribution is -2.35. The molecule has 0 saturated heterocycles. The standard InChI is InChI=1S/C16H16N8O/c17-16-20-3-10(4-21-16)7-24-2-1-13-12(8-24)15(25)23-14(22-13)11-5-18-9-19-6-11/h3-6,9H,1-2,7-8H2,(H2,17,20,21)(H,22,23,25). The van der Waals surface area contributed by atoms with E-state index >= 15 is 0 Å². The van der Waals surface area contributed by atoms with Crippen molar-refractivity contribution >= 4 is 5.95 Å². The quantitative estimate of drug-likeness (QED) is 0.692. The van der Waals surface area contributed by atoms with Crippen molar-refractivity contribution in [1.29, 1.82) is 0 Å². The number of nitrogens with one attached hydrogen (secondary N) is 1. The van der Waals surface area contributed by atoms with Crippen LogP contribution in [0.5, 0.6) is 0 Å². The van der Waals surface area contributed by atoms with Gasteiger partial charge in [-0.25, -0.2) is 24.9 Å². The molecule has 0 saturated carbocycles. The minimum atomic E-state index is -0.123. The number of hydrogen-bond acceptors (Lipinski definition) is 8. The molecule has 0 aliphatic carbocycles. The maximum absolute atomic E-state index is 12.5. The first-order chi connectivity index (χ1) is 12.2. The van der Waals surface area contributed by atoms with Gasteiger partial charge in [-0.2, -0.15) is 0 Å². The van der Waals surface area contributed by atoms with Crippen molar-refractivity contribution in [3.8, 4) is 11.4 Å². The van der Waals surface area contributed by atoms with Crippen molar-refractivity contribution in [1.82, 2.24) is 34.8 Å². The van der Waals surface area contributed by atoms with Crippen LogP contribution in [0.1, 0.15) is 16.8 Å². The number of hydrogen-bond donors (Lipinski definition) is 2. The fraction of sp³-hybridized carbons (Fsp3) is 0.250. The zero-order chi connectivity index (χ0) is 17.2. The third-order valence-electron chi connectivity index (χ3n) is 4.11. The van der Waals surface area contributed by atoms with Gasteiger partial charge in [-0.05, 0) is 0 Å². The van der Waals surface area contributed by atoms with Gasteiger partial charge in [0.2, 0.25) is 5.95 Å². The van der Waals surface area contributed by atoms with Gasteiger partial charge in [0.1, 0.15) is 12.2 Å². The molecule has 4 heterocycles. The molecule has 0 bridgehead atoms. The summed E-state index contributed by atoms with van der Waals surface area (Å²) in [6.07, 6.45) is 8.83. The highest BCUT2D eigenvalue weighted by Crippen LogP contribution is 2.18. The highest BCUT2D eigenvalue weighted by atomic mass is 16.1. The molecule has 0 unspecified atom stereocenters. The molecule has 3 aromatic heterocycles. The van der Waals surface area contributed by atoms with Crippen LogP contribution in [0, 0.1) is 0 Å². The van der Waals surface area contributed by atoms with Crippen molar-refractivity contribution in [2.45, 2.75) is 19.5 Å². The van der Waals surface area contributed by atoms with E-state index in [2.05, 4.69) is 34.8 Å². The lowest BCUT2D eigenvalue weighted by Gasteiger charge is -2.27. The third kappa shape index (κ3) is 3.22. The Morgan fingerprint density at radius 3 is 2.68 bits per heavy atom. The van der Waals surface area contributed by atoms with Crippen LogP contribution in [0.2, 0.25) is 0 Å². The number of aromatic amines is 1. The molecule has 9 heteroatoms. The summed E-state index contributed by atoms with van der Waals surface area (Å²) >= 11 is 0. The monoisotopic (exact) mass is 336 g/mol. The molecular formula is C16H16N8O. The molecule has 25 heavy (non-hydrogen) atoms. The van der Waals surface area contributed by atoms with Crippen molar-refractivity contribution < 1.29 is 0 Å². The second-order valence-corrected chi connectivity index (χ2v) is 5.88. The fourth-order valence-corrected chi connectivity index (χ4v) is 2.88. The van der Waals surface area contributed by atoms with Gasteiger partial charge in [0.05, 0.1) is 16.8 Å². The Kier molecular flexibility index (Phi) is 3.90. The van der Waals surface area contributed by atoms with Crippen molar-refractivity contribution in [3.05, 3.63) is 58.3 Å². The van der Waals surface area contributed by atoms with Gasteiger partial charge >= 0.3 is 0 Å². The van der Waals surface area contributed by atoms with E-state index < -0.39 is 0 Å². The van der Waals surface area contributed by atoms with Crippen LogP contribution in [0.15, 0.2) is 35.9 Å². The lowest BCUT2D eigenvalue weighted by molar-refractivity contribution is 0.241. The number of fused-ring (bicyclic) bond motifs is 1. The largest absolute Gasteiger partial charge is 0.368 e. The maximum atomic E-state index is 12.5. The van der Waals surface area contributed by atoms with Crippen LogP contribution in [0.4, 0.5) is 5.95 Å². The van der Waals surface area contributed by atoms with E-state index in [1.807, 2.05) is 0 Å². The van der Waals surface area contributed by atoms with Crippen LogP contribution in [0.3, 0.4) is 0 Å². The molecular weight excluding hydrogens is 320 g/mol. The van der Waals surface area contributed by atoms with Crippen molar-refractivity contribution in [2.24, 2.45) is 0 Å². The topological polar surface area (TPSA) is 127 Å². The molecule has 9 nitrogen and oxygen atoms in total. The number of aromatic nitrogens is 6. The summed E-state index contributed by atoms with van der Waals surface area (Å²) in [6, 6.07) is 0. The lowest BCUT2D eigenvalue weighted by atomic mass is 10.1. The maximum Gasteiger partial charge on any atom is 0.255 e.